The zero-order chi connectivity index (χ0) is 14.4. The summed E-state index contributed by atoms with van der Waals surface area (Å²) >= 11 is 0. The lowest BCUT2D eigenvalue weighted by atomic mass is 9.93. The number of amidine groups is 1. The Bertz CT molecular complexity index is 470. The number of benzene rings is 1. The third-order valence-electron chi connectivity index (χ3n) is 2.99. The molecule has 5 heteroatoms. The monoisotopic (exact) mass is 263 g/mol. The van der Waals surface area contributed by atoms with Crippen molar-refractivity contribution in [1.29, 1.82) is 0 Å². The fourth-order valence-corrected chi connectivity index (χ4v) is 1.93. The Hall–Kier alpha value is -2.04. The van der Waals surface area contributed by atoms with Crippen molar-refractivity contribution < 1.29 is 10.0 Å². The third-order valence-corrected chi connectivity index (χ3v) is 2.99. The van der Waals surface area contributed by atoms with Crippen LogP contribution in [0.2, 0.25) is 0 Å². The molecule has 0 spiro atoms. The van der Waals surface area contributed by atoms with Crippen LogP contribution < -0.4 is 11.1 Å². The van der Waals surface area contributed by atoms with E-state index in [-0.39, 0.29) is 17.7 Å². The molecule has 19 heavy (non-hydrogen) atoms. The van der Waals surface area contributed by atoms with Gasteiger partial charge < -0.3 is 16.3 Å². The van der Waals surface area contributed by atoms with Gasteiger partial charge in [0.2, 0.25) is 5.91 Å². The number of nitrogens with two attached hydrogens (primary N) is 1. The van der Waals surface area contributed by atoms with Crippen molar-refractivity contribution in [3.05, 3.63) is 29.8 Å². The number of nitrogens with zero attached hydrogens (tertiary/aromatic N) is 1. The summed E-state index contributed by atoms with van der Waals surface area (Å²) in [4.78, 5) is 12.2. The van der Waals surface area contributed by atoms with E-state index in [1.807, 2.05) is 45.0 Å². The number of amides is 1. The Balaban J connectivity index is 2.87. The van der Waals surface area contributed by atoms with E-state index < -0.39 is 5.92 Å². The molecule has 0 aliphatic heterocycles. The molecule has 0 heterocycles. The average molecular weight is 263 g/mol. The zero-order valence-electron chi connectivity index (χ0n) is 11.6. The Morgan fingerprint density at radius 2 is 2.16 bits per heavy atom. The van der Waals surface area contributed by atoms with Gasteiger partial charge in [-0.3, -0.25) is 4.79 Å². The van der Waals surface area contributed by atoms with Crippen LogP contribution in [0.25, 0.3) is 0 Å². The average Bonchev–Trinajstić information content (AvgIpc) is 2.38. The first-order valence-corrected chi connectivity index (χ1v) is 6.36. The predicted octanol–water partition coefficient (Wildman–Crippen LogP) is 2.21. The molecule has 0 aromatic heterocycles. The summed E-state index contributed by atoms with van der Waals surface area (Å²) in [6, 6.07) is 7.63. The summed E-state index contributed by atoms with van der Waals surface area (Å²) in [5, 5.41) is 14.5. The van der Waals surface area contributed by atoms with E-state index in [0.29, 0.717) is 0 Å². The van der Waals surface area contributed by atoms with Crippen LogP contribution in [0.5, 0.6) is 0 Å². The highest BCUT2D eigenvalue weighted by molar-refractivity contribution is 6.07. The summed E-state index contributed by atoms with van der Waals surface area (Å²) in [6.07, 6.45) is 0.900. The van der Waals surface area contributed by atoms with Gasteiger partial charge in [-0.15, -0.1) is 0 Å². The van der Waals surface area contributed by atoms with Crippen molar-refractivity contribution in [1.82, 2.24) is 0 Å². The van der Waals surface area contributed by atoms with Crippen molar-refractivity contribution >= 4 is 17.4 Å². The van der Waals surface area contributed by atoms with E-state index in [0.717, 1.165) is 17.7 Å². The Morgan fingerprint density at radius 1 is 1.47 bits per heavy atom. The molecule has 0 aliphatic carbocycles. The van der Waals surface area contributed by atoms with Crippen LogP contribution in [-0.2, 0) is 11.2 Å². The molecule has 4 N–H and O–H groups in total. The van der Waals surface area contributed by atoms with E-state index in [1.54, 1.807) is 0 Å². The summed E-state index contributed by atoms with van der Waals surface area (Å²) in [6.45, 7) is 5.75. The predicted molar refractivity (Wildman–Crippen MR) is 76.2 cm³/mol. The van der Waals surface area contributed by atoms with Crippen molar-refractivity contribution in [3.8, 4) is 0 Å². The lowest BCUT2D eigenvalue weighted by Crippen LogP contribution is -2.38. The molecule has 0 aliphatic rings. The van der Waals surface area contributed by atoms with Gasteiger partial charge in [0.05, 0.1) is 0 Å². The second kappa shape index (κ2) is 6.78. The Morgan fingerprint density at radius 3 is 2.68 bits per heavy atom. The van der Waals surface area contributed by atoms with Crippen molar-refractivity contribution in [2.75, 3.05) is 5.32 Å². The number of rotatable bonds is 5. The highest BCUT2D eigenvalue weighted by atomic mass is 16.4. The molecular weight excluding hydrogens is 242 g/mol. The first kappa shape index (κ1) is 15.0. The lowest BCUT2D eigenvalue weighted by molar-refractivity contribution is -0.119. The van der Waals surface area contributed by atoms with Gasteiger partial charge in [0.15, 0.2) is 5.84 Å². The van der Waals surface area contributed by atoms with Crippen LogP contribution in [-0.4, -0.2) is 17.0 Å². The van der Waals surface area contributed by atoms with Crippen LogP contribution in [0.3, 0.4) is 0 Å². The maximum Gasteiger partial charge on any atom is 0.235 e. The number of hydrogen-bond acceptors (Lipinski definition) is 3. The molecule has 1 rings (SSSR count). The standard InChI is InChI=1S/C14H21N3O2/c1-4-10-6-5-7-11(8-10)16-14(18)12(9(2)3)13(15)17-19/h5-9,12,19H,4H2,1-3H3,(H2,15,17)(H,16,18). The molecule has 1 unspecified atom stereocenters. The van der Waals surface area contributed by atoms with Gasteiger partial charge in [-0.05, 0) is 30.0 Å². The van der Waals surface area contributed by atoms with Crippen LogP contribution in [0, 0.1) is 11.8 Å². The van der Waals surface area contributed by atoms with E-state index in [4.69, 9.17) is 10.9 Å². The van der Waals surface area contributed by atoms with E-state index in [2.05, 4.69) is 10.5 Å². The lowest BCUT2D eigenvalue weighted by Gasteiger charge is -2.19. The molecule has 1 amide bonds. The zero-order valence-corrected chi connectivity index (χ0v) is 11.6. The molecule has 0 radical (unpaired) electrons. The quantitative estimate of drug-likeness (QED) is 0.329. The van der Waals surface area contributed by atoms with Gasteiger partial charge in [-0.25, -0.2) is 0 Å². The minimum Gasteiger partial charge on any atom is -0.409 e. The van der Waals surface area contributed by atoms with Crippen molar-refractivity contribution in [2.24, 2.45) is 22.7 Å². The minimum atomic E-state index is -0.643. The van der Waals surface area contributed by atoms with Gasteiger partial charge in [0.25, 0.3) is 0 Å². The van der Waals surface area contributed by atoms with Gasteiger partial charge in [-0.2, -0.15) is 0 Å². The largest absolute Gasteiger partial charge is 0.409 e. The molecular formula is C14H21N3O2. The number of anilines is 1. The molecule has 1 aromatic carbocycles. The van der Waals surface area contributed by atoms with Gasteiger partial charge in [-0.1, -0.05) is 38.1 Å². The molecule has 0 saturated carbocycles. The van der Waals surface area contributed by atoms with E-state index >= 15 is 0 Å². The Labute approximate surface area is 113 Å². The topological polar surface area (TPSA) is 87.7 Å². The molecule has 104 valence electrons. The highest BCUT2D eigenvalue weighted by Gasteiger charge is 2.26. The summed E-state index contributed by atoms with van der Waals surface area (Å²) in [5.74, 6) is -1.03. The fourth-order valence-electron chi connectivity index (χ4n) is 1.93. The molecule has 5 nitrogen and oxygen atoms in total. The molecule has 1 atom stereocenters. The molecule has 0 saturated heterocycles. The third kappa shape index (κ3) is 3.98. The van der Waals surface area contributed by atoms with Gasteiger partial charge >= 0.3 is 0 Å². The second-order valence-electron chi connectivity index (χ2n) is 4.79. The maximum absolute atomic E-state index is 12.2. The van der Waals surface area contributed by atoms with Crippen LogP contribution in [0.1, 0.15) is 26.3 Å². The summed E-state index contributed by atoms with van der Waals surface area (Å²) in [5.41, 5.74) is 7.43. The first-order chi connectivity index (χ1) is 8.99. The fraction of sp³-hybridized carbons (Fsp3) is 0.429. The first-order valence-electron chi connectivity index (χ1n) is 6.36. The number of nitrogens with one attached hydrogen (secondary N) is 1. The molecule has 1 aromatic rings. The van der Waals surface area contributed by atoms with E-state index in [1.165, 1.54) is 0 Å². The van der Waals surface area contributed by atoms with Gasteiger partial charge in [0, 0.05) is 5.69 Å². The molecule has 0 fully saturated rings. The van der Waals surface area contributed by atoms with Crippen molar-refractivity contribution in [3.63, 3.8) is 0 Å². The summed E-state index contributed by atoms with van der Waals surface area (Å²) in [7, 11) is 0. The number of oxime groups is 1. The minimum absolute atomic E-state index is 0.0507. The number of hydrogen-bond donors (Lipinski definition) is 3. The SMILES string of the molecule is CCc1cccc(NC(=O)C(C(N)=NO)C(C)C)c1. The normalized spacial score (nSPS) is 13.4. The molecule has 0 bridgehead atoms. The highest BCUT2D eigenvalue weighted by Crippen LogP contribution is 2.16. The summed E-state index contributed by atoms with van der Waals surface area (Å²) < 4.78 is 0. The number of aryl methyl sites for hydroxylation is 1. The van der Waals surface area contributed by atoms with E-state index in [9.17, 15) is 4.79 Å². The van der Waals surface area contributed by atoms with Crippen molar-refractivity contribution in [2.45, 2.75) is 27.2 Å². The second-order valence-corrected chi connectivity index (χ2v) is 4.79. The number of carbonyl (C=O) groups is 1. The van der Waals surface area contributed by atoms with Gasteiger partial charge in [0.1, 0.15) is 5.92 Å². The number of carbonyl (C=O) groups excluding carboxylic acids is 1. The van der Waals surface area contributed by atoms with Crippen LogP contribution >= 0.6 is 0 Å². The van der Waals surface area contributed by atoms with Crippen LogP contribution in [0.15, 0.2) is 29.4 Å². The Kier molecular flexibility index (Phi) is 5.36. The smallest absolute Gasteiger partial charge is 0.235 e. The maximum atomic E-state index is 12.2. The van der Waals surface area contributed by atoms with Crippen LogP contribution in [0.4, 0.5) is 5.69 Å².